The number of hydrogen-bond acceptors (Lipinski definition) is 6. The molecule has 1 atom stereocenters. The number of nitrogens with one attached hydrogen (secondary N) is 1. The van der Waals surface area contributed by atoms with Crippen LogP contribution in [0.15, 0.2) is 16.8 Å². The van der Waals surface area contributed by atoms with Crippen LogP contribution in [-0.4, -0.2) is 21.8 Å². The lowest BCUT2D eigenvalue weighted by molar-refractivity contribution is -0.383. The molecule has 1 heterocycles. The first-order chi connectivity index (χ1) is 9.30. The smallest absolute Gasteiger partial charge is 0.300 e. The second-order valence-electron chi connectivity index (χ2n) is 6.00. The van der Waals surface area contributed by atoms with Gasteiger partial charge in [-0.25, -0.2) is 4.63 Å². The summed E-state index contributed by atoms with van der Waals surface area (Å²) in [6.45, 7) is 9.40. The first-order valence-corrected chi connectivity index (χ1v) is 6.44. The molecule has 0 amide bonds. The van der Waals surface area contributed by atoms with Crippen LogP contribution in [0.5, 0.6) is 0 Å². The number of hydrogen-bond donors (Lipinski definition) is 1. The number of rotatable bonds is 4. The second kappa shape index (κ2) is 5.07. The molecule has 0 aliphatic rings. The van der Waals surface area contributed by atoms with E-state index in [1.807, 2.05) is 0 Å². The zero-order chi connectivity index (χ0) is 14.9. The van der Waals surface area contributed by atoms with E-state index in [1.54, 1.807) is 6.07 Å². The van der Waals surface area contributed by atoms with Crippen LogP contribution in [0.4, 0.5) is 11.4 Å². The maximum absolute atomic E-state index is 10.9. The molecule has 1 N–H and O–H groups in total. The van der Waals surface area contributed by atoms with Crippen LogP contribution in [0.2, 0.25) is 0 Å². The Morgan fingerprint density at radius 2 is 2.00 bits per heavy atom. The third-order valence-electron chi connectivity index (χ3n) is 3.67. The van der Waals surface area contributed by atoms with Crippen LogP contribution in [0.3, 0.4) is 0 Å². The maximum Gasteiger partial charge on any atom is 0.300 e. The molecule has 0 spiro atoms. The van der Waals surface area contributed by atoms with Gasteiger partial charge in [-0.05, 0) is 27.7 Å². The molecule has 1 aromatic heterocycles. The van der Waals surface area contributed by atoms with Gasteiger partial charge in [0.1, 0.15) is 0 Å². The van der Waals surface area contributed by atoms with Crippen molar-refractivity contribution in [2.24, 2.45) is 11.3 Å². The molecule has 0 bridgehead atoms. The summed E-state index contributed by atoms with van der Waals surface area (Å²) in [5, 5.41) is 21.5. The summed E-state index contributed by atoms with van der Waals surface area (Å²) in [5.41, 5.74) is 1.33. The first kappa shape index (κ1) is 14.2. The Morgan fingerprint density at radius 1 is 1.35 bits per heavy atom. The van der Waals surface area contributed by atoms with Gasteiger partial charge in [-0.15, -0.1) is 0 Å². The molecule has 0 saturated carbocycles. The van der Waals surface area contributed by atoms with Gasteiger partial charge in [0.15, 0.2) is 5.52 Å². The Labute approximate surface area is 116 Å². The number of benzene rings is 1. The maximum atomic E-state index is 10.9. The van der Waals surface area contributed by atoms with Crippen molar-refractivity contribution in [3.8, 4) is 0 Å². The molecule has 20 heavy (non-hydrogen) atoms. The Balaban J connectivity index is 2.26. The van der Waals surface area contributed by atoms with E-state index in [-0.39, 0.29) is 16.6 Å². The van der Waals surface area contributed by atoms with E-state index in [0.717, 1.165) is 6.54 Å². The summed E-state index contributed by atoms with van der Waals surface area (Å²) in [7, 11) is 0. The highest BCUT2D eigenvalue weighted by Crippen LogP contribution is 2.30. The molecule has 0 fully saturated rings. The molecule has 1 unspecified atom stereocenters. The second-order valence-corrected chi connectivity index (χ2v) is 6.00. The lowest BCUT2D eigenvalue weighted by Gasteiger charge is -2.27. The highest BCUT2D eigenvalue weighted by molar-refractivity contribution is 5.93. The number of non-ortho nitro benzene ring substituents is 1. The lowest BCUT2D eigenvalue weighted by Crippen LogP contribution is -2.24. The van der Waals surface area contributed by atoms with Gasteiger partial charge in [0, 0.05) is 12.6 Å². The quantitative estimate of drug-likeness (QED) is 0.681. The van der Waals surface area contributed by atoms with Gasteiger partial charge in [-0.1, -0.05) is 27.7 Å². The standard InChI is InChI=1S/C13H18N4O3/c1-8(13(2,3)4)7-14-9-5-6-10(17(18)19)12-11(9)15-20-16-12/h5-6,8,14H,7H2,1-4H3. The van der Waals surface area contributed by atoms with Crippen LogP contribution in [0, 0.1) is 21.4 Å². The van der Waals surface area contributed by atoms with Gasteiger partial charge < -0.3 is 5.32 Å². The third kappa shape index (κ3) is 2.71. The van der Waals surface area contributed by atoms with Gasteiger partial charge in [-0.2, -0.15) is 0 Å². The lowest BCUT2D eigenvalue weighted by atomic mass is 9.82. The van der Waals surface area contributed by atoms with Crippen molar-refractivity contribution in [2.75, 3.05) is 11.9 Å². The summed E-state index contributed by atoms with van der Waals surface area (Å²) in [6, 6.07) is 3.05. The minimum Gasteiger partial charge on any atom is -0.383 e. The van der Waals surface area contributed by atoms with E-state index in [0.29, 0.717) is 17.1 Å². The minimum atomic E-state index is -0.492. The third-order valence-corrected chi connectivity index (χ3v) is 3.67. The monoisotopic (exact) mass is 278 g/mol. The number of anilines is 1. The average Bonchev–Trinajstić information content (AvgIpc) is 2.82. The van der Waals surface area contributed by atoms with E-state index in [9.17, 15) is 10.1 Å². The average molecular weight is 278 g/mol. The molecule has 7 nitrogen and oxygen atoms in total. The number of nitro benzene ring substituents is 1. The largest absolute Gasteiger partial charge is 0.383 e. The zero-order valence-electron chi connectivity index (χ0n) is 12.0. The number of aromatic nitrogens is 2. The van der Waals surface area contributed by atoms with Gasteiger partial charge in [0.25, 0.3) is 0 Å². The number of nitro groups is 1. The van der Waals surface area contributed by atoms with Crippen LogP contribution < -0.4 is 5.32 Å². The van der Waals surface area contributed by atoms with E-state index in [1.165, 1.54) is 6.07 Å². The van der Waals surface area contributed by atoms with Crippen LogP contribution >= 0.6 is 0 Å². The van der Waals surface area contributed by atoms with Crippen molar-refractivity contribution < 1.29 is 9.55 Å². The molecule has 0 radical (unpaired) electrons. The van der Waals surface area contributed by atoms with E-state index in [4.69, 9.17) is 0 Å². The van der Waals surface area contributed by atoms with Crippen LogP contribution in [-0.2, 0) is 0 Å². The topological polar surface area (TPSA) is 94.1 Å². The molecular weight excluding hydrogens is 260 g/mol. The highest BCUT2D eigenvalue weighted by atomic mass is 16.6. The number of nitrogens with zero attached hydrogens (tertiary/aromatic N) is 3. The predicted molar refractivity (Wildman–Crippen MR) is 75.6 cm³/mol. The van der Waals surface area contributed by atoms with Gasteiger partial charge in [-0.3, -0.25) is 10.1 Å². The van der Waals surface area contributed by atoms with Crippen molar-refractivity contribution in [1.29, 1.82) is 0 Å². The van der Waals surface area contributed by atoms with Crippen LogP contribution in [0.1, 0.15) is 27.7 Å². The fourth-order valence-electron chi connectivity index (χ4n) is 1.71. The molecule has 108 valence electrons. The van der Waals surface area contributed by atoms with Crippen molar-refractivity contribution in [3.63, 3.8) is 0 Å². The van der Waals surface area contributed by atoms with Crippen molar-refractivity contribution in [1.82, 2.24) is 10.3 Å². The predicted octanol–water partition coefficient (Wildman–Crippen LogP) is 3.23. The van der Waals surface area contributed by atoms with Gasteiger partial charge >= 0.3 is 5.69 Å². The van der Waals surface area contributed by atoms with E-state index in [2.05, 4.69) is 48.0 Å². The molecular formula is C13H18N4O3. The molecule has 0 saturated heterocycles. The summed E-state index contributed by atoms with van der Waals surface area (Å²) >= 11 is 0. The van der Waals surface area contributed by atoms with Crippen molar-refractivity contribution >= 4 is 22.4 Å². The highest BCUT2D eigenvalue weighted by Gasteiger charge is 2.22. The fourth-order valence-corrected chi connectivity index (χ4v) is 1.71. The Kier molecular flexibility index (Phi) is 3.61. The SMILES string of the molecule is CC(CNc1ccc([N+](=O)[O-])c2nonc12)C(C)(C)C. The first-order valence-electron chi connectivity index (χ1n) is 6.44. The molecule has 1 aromatic carbocycles. The summed E-state index contributed by atoms with van der Waals surface area (Å²) in [5.74, 6) is 0.424. The van der Waals surface area contributed by atoms with Crippen molar-refractivity contribution in [2.45, 2.75) is 27.7 Å². The summed E-state index contributed by atoms with van der Waals surface area (Å²) in [6.07, 6.45) is 0. The van der Waals surface area contributed by atoms with E-state index < -0.39 is 4.92 Å². The number of fused-ring (bicyclic) bond motifs is 1. The molecule has 7 heteroatoms. The summed E-state index contributed by atoms with van der Waals surface area (Å²) in [4.78, 5) is 10.4. The minimum absolute atomic E-state index is 0.101. The zero-order valence-corrected chi connectivity index (χ0v) is 12.0. The van der Waals surface area contributed by atoms with Crippen LogP contribution in [0.25, 0.3) is 11.0 Å². The molecule has 0 aliphatic carbocycles. The van der Waals surface area contributed by atoms with Crippen molar-refractivity contribution in [3.05, 3.63) is 22.2 Å². The van der Waals surface area contributed by atoms with Gasteiger partial charge in [0.05, 0.1) is 10.6 Å². The molecule has 2 rings (SSSR count). The fraction of sp³-hybridized carbons (Fsp3) is 0.538. The molecule has 2 aromatic rings. The summed E-state index contributed by atoms with van der Waals surface area (Å²) < 4.78 is 4.63. The molecule has 0 aliphatic heterocycles. The Morgan fingerprint density at radius 3 is 2.60 bits per heavy atom. The van der Waals surface area contributed by atoms with Gasteiger partial charge in [0.2, 0.25) is 5.52 Å². The Bertz CT molecular complexity index is 630. The van der Waals surface area contributed by atoms with E-state index >= 15 is 0 Å². The Hall–Kier alpha value is -2.18. The normalized spacial score (nSPS) is 13.4.